The van der Waals surface area contributed by atoms with Gasteiger partial charge in [-0.15, -0.1) is 0 Å². The highest BCUT2D eigenvalue weighted by atomic mass is 16.2. The van der Waals surface area contributed by atoms with E-state index in [0.29, 0.717) is 11.3 Å². The SMILES string of the molecule is Cc1cc(C)cc(NC(=O)c2ccc(N3C(=O)[C@@H]4C5c6ccccc6C(c6ccccc65)[C@]4(C)C3=O)cc2)c1. The maximum absolute atomic E-state index is 14.2. The van der Waals surface area contributed by atoms with Crippen molar-refractivity contribution in [3.05, 3.63) is 130 Å². The molecule has 3 aliphatic carbocycles. The zero-order valence-corrected chi connectivity index (χ0v) is 22.1. The molecule has 1 heterocycles. The Labute approximate surface area is 227 Å². The van der Waals surface area contributed by atoms with Crippen LogP contribution in [0.25, 0.3) is 0 Å². The lowest BCUT2D eigenvalue weighted by Gasteiger charge is -2.51. The molecule has 4 aliphatic rings. The summed E-state index contributed by atoms with van der Waals surface area (Å²) >= 11 is 0. The Morgan fingerprint density at radius 3 is 1.87 bits per heavy atom. The van der Waals surface area contributed by atoms with Crippen molar-refractivity contribution in [2.24, 2.45) is 11.3 Å². The molecule has 5 nitrogen and oxygen atoms in total. The van der Waals surface area contributed by atoms with E-state index >= 15 is 0 Å². The molecule has 4 aromatic carbocycles. The number of benzene rings is 4. The Kier molecular flexibility index (Phi) is 4.99. The van der Waals surface area contributed by atoms with Crippen LogP contribution in [0.4, 0.5) is 11.4 Å². The lowest BCUT2D eigenvalue weighted by molar-refractivity contribution is -0.128. The van der Waals surface area contributed by atoms with E-state index in [9.17, 15) is 14.4 Å². The maximum atomic E-state index is 14.2. The van der Waals surface area contributed by atoms with Gasteiger partial charge in [-0.2, -0.15) is 0 Å². The van der Waals surface area contributed by atoms with Crippen LogP contribution in [-0.4, -0.2) is 17.7 Å². The van der Waals surface area contributed by atoms with Crippen molar-refractivity contribution in [3.63, 3.8) is 0 Å². The Bertz CT molecular complexity index is 1640. The van der Waals surface area contributed by atoms with Crippen LogP contribution >= 0.6 is 0 Å². The molecule has 0 unspecified atom stereocenters. The molecule has 1 aliphatic heterocycles. The van der Waals surface area contributed by atoms with E-state index in [2.05, 4.69) is 35.6 Å². The van der Waals surface area contributed by atoms with Crippen molar-refractivity contribution in [2.75, 3.05) is 10.2 Å². The summed E-state index contributed by atoms with van der Waals surface area (Å²) in [6.07, 6.45) is 0. The maximum Gasteiger partial charge on any atom is 0.255 e. The summed E-state index contributed by atoms with van der Waals surface area (Å²) in [5, 5.41) is 2.95. The number of rotatable bonds is 3. The summed E-state index contributed by atoms with van der Waals surface area (Å²) in [6, 6.07) is 29.1. The van der Waals surface area contributed by atoms with Crippen LogP contribution in [0.1, 0.15) is 62.5 Å². The first-order chi connectivity index (χ1) is 18.8. The topological polar surface area (TPSA) is 66.5 Å². The molecule has 2 atom stereocenters. The van der Waals surface area contributed by atoms with Crippen LogP contribution in [0, 0.1) is 25.2 Å². The normalized spacial score (nSPS) is 24.3. The molecule has 0 aromatic heterocycles. The highest BCUT2D eigenvalue weighted by Gasteiger charge is 2.68. The molecule has 1 saturated heterocycles. The lowest BCUT2D eigenvalue weighted by Crippen LogP contribution is -2.49. The molecule has 8 rings (SSSR count). The van der Waals surface area contributed by atoms with Crippen LogP contribution in [0.15, 0.2) is 91.0 Å². The molecule has 0 radical (unpaired) electrons. The van der Waals surface area contributed by atoms with Gasteiger partial charge in [-0.1, -0.05) is 54.6 Å². The van der Waals surface area contributed by atoms with Gasteiger partial charge in [0.05, 0.1) is 17.0 Å². The van der Waals surface area contributed by atoms with Gasteiger partial charge in [0, 0.05) is 23.1 Å². The van der Waals surface area contributed by atoms with Crippen LogP contribution in [0.5, 0.6) is 0 Å². The van der Waals surface area contributed by atoms with Crippen LogP contribution in [0.2, 0.25) is 0 Å². The largest absolute Gasteiger partial charge is 0.322 e. The molecular formula is C34H28N2O3. The monoisotopic (exact) mass is 512 g/mol. The first-order valence-corrected chi connectivity index (χ1v) is 13.3. The fourth-order valence-electron chi connectivity index (χ4n) is 7.37. The first-order valence-electron chi connectivity index (χ1n) is 13.3. The summed E-state index contributed by atoms with van der Waals surface area (Å²) in [7, 11) is 0. The first kappa shape index (κ1) is 23.6. The fraction of sp³-hybridized carbons (Fsp3) is 0.206. The third-order valence-electron chi connectivity index (χ3n) is 8.88. The number of carbonyl (C=O) groups is 3. The van der Waals surface area contributed by atoms with Crippen molar-refractivity contribution >= 4 is 29.1 Å². The number of nitrogens with zero attached hydrogens (tertiary/aromatic N) is 1. The van der Waals surface area contributed by atoms with Gasteiger partial charge in [-0.05, 0) is 90.6 Å². The van der Waals surface area contributed by atoms with Gasteiger partial charge in [0.15, 0.2) is 0 Å². The van der Waals surface area contributed by atoms with E-state index in [1.54, 1.807) is 24.3 Å². The summed E-state index contributed by atoms with van der Waals surface area (Å²) in [6.45, 7) is 5.94. The van der Waals surface area contributed by atoms with E-state index < -0.39 is 11.3 Å². The van der Waals surface area contributed by atoms with E-state index in [0.717, 1.165) is 39.1 Å². The number of hydrogen-bond donors (Lipinski definition) is 1. The molecule has 0 saturated carbocycles. The molecule has 1 N–H and O–H groups in total. The van der Waals surface area contributed by atoms with Crippen molar-refractivity contribution in [1.82, 2.24) is 0 Å². The minimum atomic E-state index is -0.885. The molecule has 4 aromatic rings. The number of nitrogens with one attached hydrogen (secondary N) is 1. The summed E-state index contributed by atoms with van der Waals surface area (Å²) in [5.74, 6) is -1.43. The molecule has 0 spiro atoms. The number of aryl methyl sites for hydroxylation is 2. The Morgan fingerprint density at radius 1 is 0.769 bits per heavy atom. The van der Waals surface area contributed by atoms with E-state index in [1.165, 1.54) is 4.90 Å². The zero-order valence-electron chi connectivity index (χ0n) is 22.1. The standard InChI is InChI=1S/C34H28N2O3/c1-19-16-20(2)18-22(17-19)35-31(37)21-12-14-23(15-13-21)36-32(38)30-28-24-8-4-6-10-26(24)29(34(30,3)33(36)39)27-11-7-5-9-25(27)28/h4-18,28-30H,1-3H3,(H,35,37)/t28?,29?,30-,34-/m0/s1. The number of carbonyl (C=O) groups excluding carboxylic acids is 3. The Hall–Kier alpha value is -4.51. The average Bonchev–Trinajstić information content (AvgIpc) is 3.13. The van der Waals surface area contributed by atoms with Gasteiger partial charge < -0.3 is 5.32 Å². The van der Waals surface area contributed by atoms with E-state index in [4.69, 9.17) is 0 Å². The summed E-state index contributed by atoms with van der Waals surface area (Å²) in [5.41, 5.74) is 7.51. The molecule has 39 heavy (non-hydrogen) atoms. The van der Waals surface area contributed by atoms with Crippen molar-refractivity contribution in [1.29, 1.82) is 0 Å². The highest BCUT2D eigenvalue weighted by Crippen LogP contribution is 2.67. The highest BCUT2D eigenvalue weighted by molar-refractivity contribution is 6.25. The molecule has 3 amide bonds. The third-order valence-corrected chi connectivity index (χ3v) is 8.88. The van der Waals surface area contributed by atoms with Gasteiger partial charge in [-0.3, -0.25) is 14.4 Å². The van der Waals surface area contributed by atoms with Crippen molar-refractivity contribution < 1.29 is 14.4 Å². The number of amides is 3. The number of anilines is 2. The summed E-state index contributed by atoms with van der Waals surface area (Å²) < 4.78 is 0. The molecule has 192 valence electrons. The molecule has 1 fully saturated rings. The summed E-state index contributed by atoms with van der Waals surface area (Å²) in [4.78, 5) is 42.6. The minimum absolute atomic E-state index is 0.170. The van der Waals surface area contributed by atoms with Crippen LogP contribution < -0.4 is 10.2 Å². The van der Waals surface area contributed by atoms with Gasteiger partial charge in [-0.25, -0.2) is 4.90 Å². The van der Waals surface area contributed by atoms with Gasteiger partial charge >= 0.3 is 0 Å². The molecule has 2 bridgehead atoms. The second kappa shape index (κ2) is 8.24. The Balaban J connectivity index is 1.24. The van der Waals surface area contributed by atoms with Gasteiger partial charge in [0.25, 0.3) is 5.91 Å². The quantitative estimate of drug-likeness (QED) is 0.326. The Morgan fingerprint density at radius 2 is 1.31 bits per heavy atom. The second-order valence-electron chi connectivity index (χ2n) is 11.3. The predicted octanol–water partition coefficient (Wildman–Crippen LogP) is 6.34. The van der Waals surface area contributed by atoms with E-state index in [1.807, 2.05) is 57.2 Å². The van der Waals surface area contributed by atoms with Crippen molar-refractivity contribution in [3.8, 4) is 0 Å². The van der Waals surface area contributed by atoms with Crippen LogP contribution in [0.3, 0.4) is 0 Å². The van der Waals surface area contributed by atoms with E-state index in [-0.39, 0.29) is 29.6 Å². The third kappa shape index (κ3) is 3.22. The van der Waals surface area contributed by atoms with Gasteiger partial charge in [0.2, 0.25) is 11.8 Å². The van der Waals surface area contributed by atoms with Gasteiger partial charge in [0.1, 0.15) is 0 Å². The second-order valence-corrected chi connectivity index (χ2v) is 11.3. The smallest absolute Gasteiger partial charge is 0.255 e. The predicted molar refractivity (Wildman–Crippen MR) is 151 cm³/mol. The molecular weight excluding hydrogens is 484 g/mol. The zero-order chi connectivity index (χ0) is 27.1. The average molecular weight is 513 g/mol. The van der Waals surface area contributed by atoms with Crippen molar-refractivity contribution in [2.45, 2.75) is 32.6 Å². The van der Waals surface area contributed by atoms with Crippen LogP contribution in [-0.2, 0) is 9.59 Å². The lowest BCUT2D eigenvalue weighted by atomic mass is 9.48. The number of imide groups is 1. The fourth-order valence-corrected chi connectivity index (χ4v) is 7.37. The minimum Gasteiger partial charge on any atom is -0.322 e. The number of hydrogen-bond acceptors (Lipinski definition) is 3. The molecule has 5 heteroatoms.